The van der Waals surface area contributed by atoms with E-state index in [-0.39, 0.29) is 5.69 Å². The highest BCUT2D eigenvalue weighted by atomic mass is 19.4. The lowest BCUT2D eigenvalue weighted by Gasteiger charge is -2.18. The molecule has 0 aromatic heterocycles. The first-order valence-corrected chi connectivity index (χ1v) is 5.10. The van der Waals surface area contributed by atoms with Crippen molar-refractivity contribution in [3.63, 3.8) is 0 Å². The molecule has 0 spiro atoms. The quantitative estimate of drug-likeness (QED) is 0.843. The number of rotatable bonds is 4. The summed E-state index contributed by atoms with van der Waals surface area (Å²) >= 11 is 0. The molecule has 18 heavy (non-hydrogen) atoms. The molecule has 0 aliphatic carbocycles. The molecule has 0 bridgehead atoms. The number of benzene rings is 1. The first kappa shape index (κ1) is 14.4. The Balaban J connectivity index is 2.55. The van der Waals surface area contributed by atoms with Gasteiger partial charge in [-0.2, -0.15) is 13.2 Å². The zero-order valence-corrected chi connectivity index (χ0v) is 9.59. The number of carbonyl (C=O) groups is 1. The van der Waals surface area contributed by atoms with Crippen molar-refractivity contribution >= 4 is 11.6 Å². The van der Waals surface area contributed by atoms with Crippen LogP contribution in [0, 0.1) is 5.82 Å². The molecule has 0 aliphatic rings. The Labute approximate surface area is 101 Å². The molecular formula is C11H12F4N2O. The first-order valence-electron chi connectivity index (χ1n) is 5.10. The van der Waals surface area contributed by atoms with Gasteiger partial charge in [0.25, 0.3) is 0 Å². The second-order valence-electron chi connectivity index (χ2n) is 3.62. The van der Waals surface area contributed by atoms with Crippen molar-refractivity contribution in [3.05, 3.63) is 30.1 Å². The Morgan fingerprint density at radius 1 is 1.33 bits per heavy atom. The smallest absolute Gasteiger partial charge is 0.312 e. The summed E-state index contributed by atoms with van der Waals surface area (Å²) in [6.45, 7) is -1.77. The zero-order chi connectivity index (χ0) is 13.8. The van der Waals surface area contributed by atoms with E-state index in [0.717, 1.165) is 4.90 Å². The Morgan fingerprint density at radius 3 is 2.50 bits per heavy atom. The minimum absolute atomic E-state index is 0.0244. The standard InChI is InChI=1S/C11H12F4N2O/c1-17(9-5-3-2-4-8(9)12)10(18)6-16-7-11(13,14)15/h2-5,16H,6-7H2,1H3. The molecule has 0 unspecified atom stereocenters. The fourth-order valence-corrected chi connectivity index (χ4v) is 1.29. The molecule has 0 radical (unpaired) electrons. The van der Waals surface area contributed by atoms with Crippen molar-refractivity contribution in [3.8, 4) is 0 Å². The summed E-state index contributed by atoms with van der Waals surface area (Å²) in [6.07, 6.45) is -4.38. The Kier molecular flexibility index (Phi) is 4.66. The van der Waals surface area contributed by atoms with Gasteiger partial charge in [0, 0.05) is 7.05 Å². The molecule has 3 nitrogen and oxygen atoms in total. The van der Waals surface area contributed by atoms with Crippen LogP contribution in [0.4, 0.5) is 23.2 Å². The van der Waals surface area contributed by atoms with Crippen molar-refractivity contribution < 1.29 is 22.4 Å². The Morgan fingerprint density at radius 2 is 1.94 bits per heavy atom. The van der Waals surface area contributed by atoms with Crippen molar-refractivity contribution in [1.82, 2.24) is 5.32 Å². The molecule has 0 fully saturated rings. The van der Waals surface area contributed by atoms with Crippen LogP contribution in [0.3, 0.4) is 0 Å². The number of amides is 1. The fourth-order valence-electron chi connectivity index (χ4n) is 1.29. The van der Waals surface area contributed by atoms with Gasteiger partial charge in [0.2, 0.25) is 5.91 Å². The van der Waals surface area contributed by atoms with Gasteiger partial charge in [-0.1, -0.05) is 12.1 Å². The summed E-state index contributed by atoms with van der Waals surface area (Å²) in [4.78, 5) is 12.5. The van der Waals surface area contributed by atoms with Gasteiger partial charge in [-0.15, -0.1) is 0 Å². The fraction of sp³-hybridized carbons (Fsp3) is 0.364. The summed E-state index contributed by atoms with van der Waals surface area (Å²) in [5.74, 6) is -1.26. The van der Waals surface area contributed by atoms with E-state index >= 15 is 0 Å². The molecule has 0 aliphatic heterocycles. The maximum atomic E-state index is 13.3. The number of halogens is 4. The van der Waals surface area contributed by atoms with Gasteiger partial charge in [-0.3, -0.25) is 4.79 Å². The molecule has 0 heterocycles. The lowest BCUT2D eigenvalue weighted by atomic mass is 10.3. The van der Waals surface area contributed by atoms with E-state index in [9.17, 15) is 22.4 Å². The monoisotopic (exact) mass is 264 g/mol. The van der Waals surface area contributed by atoms with Crippen LogP contribution in [0.5, 0.6) is 0 Å². The van der Waals surface area contributed by atoms with Crippen LogP contribution >= 0.6 is 0 Å². The van der Waals surface area contributed by atoms with Crippen molar-refractivity contribution in [2.75, 3.05) is 25.0 Å². The summed E-state index contributed by atoms with van der Waals surface area (Å²) in [7, 11) is 1.30. The van der Waals surface area contributed by atoms with Gasteiger partial charge in [0.15, 0.2) is 0 Å². The second kappa shape index (κ2) is 5.81. The number of carbonyl (C=O) groups excluding carboxylic acids is 1. The molecule has 0 saturated carbocycles. The van der Waals surface area contributed by atoms with Gasteiger partial charge in [0.1, 0.15) is 5.82 Å². The number of anilines is 1. The molecule has 1 aromatic rings. The largest absolute Gasteiger partial charge is 0.401 e. The third-order valence-electron chi connectivity index (χ3n) is 2.19. The highest BCUT2D eigenvalue weighted by molar-refractivity contribution is 5.94. The highest BCUT2D eigenvalue weighted by Gasteiger charge is 2.27. The van der Waals surface area contributed by atoms with Crippen LogP contribution in [-0.4, -0.2) is 32.2 Å². The number of nitrogens with zero attached hydrogens (tertiary/aromatic N) is 1. The molecule has 0 atom stereocenters. The SMILES string of the molecule is CN(C(=O)CNCC(F)(F)F)c1ccccc1F. The van der Waals surface area contributed by atoms with E-state index < -0.39 is 31.0 Å². The average Bonchev–Trinajstić information content (AvgIpc) is 2.27. The zero-order valence-electron chi connectivity index (χ0n) is 9.59. The van der Waals surface area contributed by atoms with E-state index in [1.165, 1.54) is 31.3 Å². The number of hydrogen-bond acceptors (Lipinski definition) is 2. The van der Waals surface area contributed by atoms with Gasteiger partial charge in [0.05, 0.1) is 18.8 Å². The van der Waals surface area contributed by atoms with Gasteiger partial charge < -0.3 is 10.2 Å². The minimum atomic E-state index is -4.38. The maximum Gasteiger partial charge on any atom is 0.401 e. The predicted octanol–water partition coefficient (Wildman–Crippen LogP) is 1.94. The highest BCUT2D eigenvalue weighted by Crippen LogP contribution is 2.17. The van der Waals surface area contributed by atoms with E-state index in [1.807, 2.05) is 5.32 Å². The average molecular weight is 264 g/mol. The van der Waals surface area contributed by atoms with E-state index in [1.54, 1.807) is 0 Å². The van der Waals surface area contributed by atoms with Gasteiger partial charge >= 0.3 is 6.18 Å². The second-order valence-corrected chi connectivity index (χ2v) is 3.62. The van der Waals surface area contributed by atoms with Crippen molar-refractivity contribution in [2.45, 2.75) is 6.18 Å². The minimum Gasteiger partial charge on any atom is -0.312 e. The first-order chi connectivity index (χ1) is 8.31. The maximum absolute atomic E-state index is 13.3. The normalized spacial score (nSPS) is 11.4. The Bertz CT molecular complexity index is 420. The molecular weight excluding hydrogens is 252 g/mol. The van der Waals surface area contributed by atoms with Crippen LogP contribution in [0.15, 0.2) is 24.3 Å². The summed E-state index contributed by atoms with van der Waals surface area (Å²) in [5, 5.41) is 1.96. The van der Waals surface area contributed by atoms with E-state index in [2.05, 4.69) is 0 Å². The topological polar surface area (TPSA) is 32.3 Å². The van der Waals surface area contributed by atoms with Crippen LogP contribution in [0.2, 0.25) is 0 Å². The lowest BCUT2D eigenvalue weighted by molar-refractivity contribution is -0.127. The van der Waals surface area contributed by atoms with Crippen LogP contribution in [0.1, 0.15) is 0 Å². The van der Waals surface area contributed by atoms with Gasteiger partial charge in [-0.05, 0) is 12.1 Å². The van der Waals surface area contributed by atoms with Crippen LogP contribution < -0.4 is 10.2 Å². The Hall–Kier alpha value is -1.63. The third kappa shape index (κ3) is 4.33. The number of alkyl halides is 3. The summed E-state index contributed by atoms with van der Waals surface area (Å²) in [5.41, 5.74) is 0.0244. The van der Waals surface area contributed by atoms with E-state index in [4.69, 9.17) is 0 Å². The molecule has 1 N–H and O–H groups in total. The van der Waals surface area contributed by atoms with Crippen LogP contribution in [0.25, 0.3) is 0 Å². The molecule has 1 rings (SSSR count). The molecule has 0 saturated heterocycles. The summed E-state index contributed by atoms with van der Waals surface area (Å²) < 4.78 is 48.9. The van der Waals surface area contributed by atoms with Crippen molar-refractivity contribution in [1.29, 1.82) is 0 Å². The van der Waals surface area contributed by atoms with Crippen molar-refractivity contribution in [2.24, 2.45) is 0 Å². The third-order valence-corrected chi connectivity index (χ3v) is 2.19. The number of hydrogen-bond donors (Lipinski definition) is 1. The lowest BCUT2D eigenvalue weighted by Crippen LogP contribution is -2.39. The number of nitrogens with one attached hydrogen (secondary N) is 1. The van der Waals surface area contributed by atoms with Gasteiger partial charge in [-0.25, -0.2) is 4.39 Å². The molecule has 1 aromatic carbocycles. The predicted molar refractivity (Wildman–Crippen MR) is 58.7 cm³/mol. The number of likely N-dealkylation sites (N-methyl/N-ethyl adjacent to an activating group) is 1. The summed E-state index contributed by atoms with van der Waals surface area (Å²) in [6, 6.07) is 5.53. The molecule has 100 valence electrons. The van der Waals surface area contributed by atoms with Crippen LogP contribution in [-0.2, 0) is 4.79 Å². The molecule has 1 amide bonds. The van der Waals surface area contributed by atoms with E-state index in [0.29, 0.717) is 0 Å². The molecule has 7 heteroatoms. The number of para-hydroxylation sites is 1.